The highest BCUT2D eigenvalue weighted by atomic mass is 33.1. The van der Waals surface area contributed by atoms with E-state index in [0.29, 0.717) is 12.8 Å². The van der Waals surface area contributed by atoms with E-state index in [0.717, 1.165) is 17.2 Å². The van der Waals surface area contributed by atoms with Crippen LogP contribution in [0.25, 0.3) is 0 Å². The third kappa shape index (κ3) is 7.38. The van der Waals surface area contributed by atoms with E-state index in [1.165, 1.54) is 0 Å². The van der Waals surface area contributed by atoms with Crippen LogP contribution in [0.1, 0.15) is 26.2 Å². The minimum Gasteiger partial charge on any atom is -0.481 e. The zero-order valence-corrected chi connectivity index (χ0v) is 13.5. The molecule has 0 aliphatic rings. The molecule has 21 heavy (non-hydrogen) atoms. The van der Waals surface area contributed by atoms with Crippen molar-refractivity contribution in [1.82, 2.24) is 4.98 Å². The number of ether oxygens (including phenoxy) is 1. The van der Waals surface area contributed by atoms with Crippen molar-refractivity contribution in [3.05, 3.63) is 24.4 Å². The molecule has 1 heterocycles. The first-order valence-electron chi connectivity index (χ1n) is 6.75. The predicted molar refractivity (Wildman–Crippen MR) is 84.2 cm³/mol. The number of carboxylic acid groups (broad SMARTS) is 1. The van der Waals surface area contributed by atoms with Gasteiger partial charge in [-0.05, 0) is 42.7 Å². The van der Waals surface area contributed by atoms with Crippen molar-refractivity contribution >= 4 is 33.5 Å². The third-order valence-corrected chi connectivity index (χ3v) is 4.97. The third-order valence-electron chi connectivity index (χ3n) is 2.62. The summed E-state index contributed by atoms with van der Waals surface area (Å²) in [4.78, 5) is 26.7. The SMILES string of the molecule is CCOC(=O)C(CCCCSSc1ccccn1)C(=O)O. The molecule has 5 nitrogen and oxygen atoms in total. The summed E-state index contributed by atoms with van der Waals surface area (Å²) in [7, 11) is 3.27. The highest BCUT2D eigenvalue weighted by molar-refractivity contribution is 8.76. The minimum absolute atomic E-state index is 0.208. The summed E-state index contributed by atoms with van der Waals surface area (Å²) in [6, 6.07) is 5.75. The van der Waals surface area contributed by atoms with Gasteiger partial charge in [-0.3, -0.25) is 9.59 Å². The van der Waals surface area contributed by atoms with Crippen LogP contribution in [0.3, 0.4) is 0 Å². The highest BCUT2D eigenvalue weighted by Gasteiger charge is 2.26. The number of unbranched alkanes of at least 4 members (excludes halogenated alkanes) is 1. The average Bonchev–Trinajstić information content (AvgIpc) is 2.47. The van der Waals surface area contributed by atoms with Crippen LogP contribution in [0, 0.1) is 5.92 Å². The molecule has 0 saturated heterocycles. The molecule has 1 aromatic heterocycles. The molecule has 0 aromatic carbocycles. The number of rotatable bonds is 10. The molecule has 1 rings (SSSR count). The minimum atomic E-state index is -1.11. The maximum atomic E-state index is 11.5. The van der Waals surface area contributed by atoms with E-state index in [-0.39, 0.29) is 6.61 Å². The Labute approximate surface area is 132 Å². The molecule has 1 aromatic rings. The summed E-state index contributed by atoms with van der Waals surface area (Å²) in [6.07, 6.45) is 3.61. The number of carbonyl (C=O) groups is 2. The van der Waals surface area contributed by atoms with E-state index in [1.54, 1.807) is 34.7 Å². The summed E-state index contributed by atoms with van der Waals surface area (Å²) in [5.74, 6) is -1.90. The average molecular weight is 329 g/mol. The number of nitrogens with zero attached hydrogens (tertiary/aromatic N) is 1. The van der Waals surface area contributed by atoms with Crippen molar-refractivity contribution in [3.63, 3.8) is 0 Å². The normalized spacial score (nSPS) is 11.9. The van der Waals surface area contributed by atoms with Crippen LogP contribution in [0.15, 0.2) is 29.4 Å². The Morgan fingerprint density at radius 2 is 2.19 bits per heavy atom. The largest absolute Gasteiger partial charge is 0.481 e. The molecule has 7 heteroatoms. The van der Waals surface area contributed by atoms with Gasteiger partial charge in [-0.2, -0.15) is 0 Å². The van der Waals surface area contributed by atoms with Crippen LogP contribution in [0.2, 0.25) is 0 Å². The Morgan fingerprint density at radius 3 is 2.81 bits per heavy atom. The number of carbonyl (C=O) groups excluding carboxylic acids is 1. The molecule has 0 saturated carbocycles. The monoisotopic (exact) mass is 329 g/mol. The van der Waals surface area contributed by atoms with Gasteiger partial charge in [0.2, 0.25) is 0 Å². The fourth-order valence-corrected chi connectivity index (χ4v) is 3.62. The molecule has 0 bridgehead atoms. The van der Waals surface area contributed by atoms with Gasteiger partial charge in [-0.15, -0.1) is 0 Å². The lowest BCUT2D eigenvalue weighted by molar-refractivity contribution is -0.158. The van der Waals surface area contributed by atoms with Gasteiger partial charge in [-0.25, -0.2) is 4.98 Å². The van der Waals surface area contributed by atoms with Crippen molar-refractivity contribution in [2.45, 2.75) is 31.2 Å². The van der Waals surface area contributed by atoms with Crippen LogP contribution in [-0.2, 0) is 14.3 Å². The summed E-state index contributed by atoms with van der Waals surface area (Å²) in [6.45, 7) is 1.88. The second-order valence-corrected chi connectivity index (χ2v) is 6.65. The smallest absolute Gasteiger partial charge is 0.320 e. The number of pyridine rings is 1. The molecule has 0 aliphatic carbocycles. The van der Waals surface area contributed by atoms with Crippen molar-refractivity contribution in [1.29, 1.82) is 0 Å². The quantitative estimate of drug-likeness (QED) is 0.305. The van der Waals surface area contributed by atoms with Crippen LogP contribution in [-0.4, -0.2) is 34.4 Å². The lowest BCUT2D eigenvalue weighted by Gasteiger charge is -2.10. The number of aliphatic carboxylic acids is 1. The lowest BCUT2D eigenvalue weighted by Crippen LogP contribution is -2.25. The summed E-state index contributed by atoms with van der Waals surface area (Å²) < 4.78 is 4.76. The number of esters is 1. The van der Waals surface area contributed by atoms with Gasteiger partial charge in [0.25, 0.3) is 0 Å². The second kappa shape index (κ2) is 10.5. The maximum absolute atomic E-state index is 11.5. The first-order valence-corrected chi connectivity index (χ1v) is 9.07. The van der Waals surface area contributed by atoms with Gasteiger partial charge in [-0.1, -0.05) is 23.3 Å². The Hall–Kier alpha value is -1.21. The zero-order chi connectivity index (χ0) is 15.5. The van der Waals surface area contributed by atoms with Crippen molar-refractivity contribution in [2.24, 2.45) is 5.92 Å². The van der Waals surface area contributed by atoms with Crippen LogP contribution in [0.4, 0.5) is 0 Å². The van der Waals surface area contributed by atoms with Crippen molar-refractivity contribution in [2.75, 3.05) is 12.4 Å². The molecule has 0 radical (unpaired) electrons. The highest BCUT2D eigenvalue weighted by Crippen LogP contribution is 2.30. The van der Waals surface area contributed by atoms with Crippen LogP contribution >= 0.6 is 21.6 Å². The number of aromatic nitrogens is 1. The van der Waals surface area contributed by atoms with Gasteiger partial charge in [0, 0.05) is 11.9 Å². The van der Waals surface area contributed by atoms with Gasteiger partial charge in [0.15, 0.2) is 5.92 Å². The van der Waals surface area contributed by atoms with E-state index in [9.17, 15) is 9.59 Å². The first kappa shape index (κ1) is 17.8. The fraction of sp³-hybridized carbons (Fsp3) is 0.500. The molecule has 1 unspecified atom stereocenters. The summed E-state index contributed by atoms with van der Waals surface area (Å²) in [5, 5.41) is 9.96. The van der Waals surface area contributed by atoms with E-state index in [1.807, 2.05) is 18.2 Å². The molecule has 0 fully saturated rings. The van der Waals surface area contributed by atoms with E-state index in [4.69, 9.17) is 9.84 Å². The molecule has 1 atom stereocenters. The molecule has 1 N–H and O–H groups in total. The fourth-order valence-electron chi connectivity index (χ4n) is 1.59. The van der Waals surface area contributed by atoms with Gasteiger partial charge in [0.1, 0.15) is 5.03 Å². The Bertz CT molecular complexity index is 442. The topological polar surface area (TPSA) is 76.5 Å². The van der Waals surface area contributed by atoms with E-state index >= 15 is 0 Å². The molecule has 0 aliphatic heterocycles. The van der Waals surface area contributed by atoms with Crippen molar-refractivity contribution < 1.29 is 19.4 Å². The molecule has 0 spiro atoms. The number of carboxylic acids is 1. The Kier molecular flexibility index (Phi) is 8.93. The predicted octanol–water partition coefficient (Wildman–Crippen LogP) is 3.26. The van der Waals surface area contributed by atoms with Gasteiger partial charge >= 0.3 is 11.9 Å². The lowest BCUT2D eigenvalue weighted by atomic mass is 10.0. The van der Waals surface area contributed by atoms with Crippen LogP contribution < -0.4 is 0 Å². The van der Waals surface area contributed by atoms with E-state index in [2.05, 4.69) is 4.98 Å². The molecule has 116 valence electrons. The zero-order valence-electron chi connectivity index (χ0n) is 11.9. The summed E-state index contributed by atoms with van der Waals surface area (Å²) in [5.41, 5.74) is 0. The molecular weight excluding hydrogens is 310 g/mol. The summed E-state index contributed by atoms with van der Waals surface area (Å²) >= 11 is 0. The van der Waals surface area contributed by atoms with Gasteiger partial charge < -0.3 is 9.84 Å². The number of hydrogen-bond acceptors (Lipinski definition) is 6. The van der Waals surface area contributed by atoms with E-state index < -0.39 is 17.9 Å². The number of hydrogen-bond donors (Lipinski definition) is 1. The Morgan fingerprint density at radius 1 is 1.38 bits per heavy atom. The molecule has 0 amide bonds. The van der Waals surface area contributed by atoms with Crippen LogP contribution in [0.5, 0.6) is 0 Å². The van der Waals surface area contributed by atoms with Gasteiger partial charge in [0.05, 0.1) is 6.61 Å². The standard InChI is InChI=1S/C14H19NO4S2/c1-2-19-14(18)11(13(16)17)7-4-6-10-20-21-12-8-3-5-9-15-12/h3,5,8-9,11H,2,4,6-7,10H2,1H3,(H,16,17). The maximum Gasteiger partial charge on any atom is 0.320 e. The second-order valence-electron chi connectivity index (χ2n) is 4.21. The molecular formula is C14H19NO4S2. The first-order chi connectivity index (χ1) is 10.1. The Balaban J connectivity index is 2.17. The van der Waals surface area contributed by atoms with Crippen molar-refractivity contribution in [3.8, 4) is 0 Å².